The van der Waals surface area contributed by atoms with Crippen LogP contribution in [0.2, 0.25) is 5.02 Å². The number of amides is 2. The van der Waals surface area contributed by atoms with Crippen molar-refractivity contribution >= 4 is 34.8 Å². The number of benzene rings is 2. The smallest absolute Gasteiger partial charge is 0.256 e. The van der Waals surface area contributed by atoms with E-state index < -0.39 is 17.6 Å². The summed E-state index contributed by atoms with van der Waals surface area (Å²) in [5.74, 6) is -1.88. The van der Waals surface area contributed by atoms with Gasteiger partial charge in [-0.05, 0) is 56.7 Å². The minimum atomic E-state index is -0.734. The number of nitrogens with one attached hydrogen (secondary N) is 2. The van der Waals surface area contributed by atoms with Crippen LogP contribution < -0.4 is 15.5 Å². The van der Waals surface area contributed by atoms with Gasteiger partial charge in [0.15, 0.2) is 0 Å². The van der Waals surface area contributed by atoms with E-state index >= 15 is 0 Å². The molecule has 0 aliphatic carbocycles. The maximum Gasteiger partial charge on any atom is 0.256 e. The molecule has 0 spiro atoms. The second kappa shape index (κ2) is 9.37. The van der Waals surface area contributed by atoms with Crippen LogP contribution in [-0.4, -0.2) is 31.4 Å². The molecule has 0 aromatic heterocycles. The molecular weight excluding hydrogens is 369 g/mol. The number of hydrogen-bond acceptors (Lipinski definition) is 3. The van der Waals surface area contributed by atoms with E-state index in [1.807, 2.05) is 25.1 Å². The van der Waals surface area contributed by atoms with Crippen molar-refractivity contribution < 1.29 is 14.0 Å². The van der Waals surface area contributed by atoms with Gasteiger partial charge >= 0.3 is 0 Å². The van der Waals surface area contributed by atoms with Gasteiger partial charge in [-0.1, -0.05) is 17.7 Å². The van der Waals surface area contributed by atoms with Crippen molar-refractivity contribution in [2.75, 3.05) is 29.9 Å². The zero-order valence-corrected chi connectivity index (χ0v) is 16.4. The highest BCUT2D eigenvalue weighted by Gasteiger charge is 2.16. The van der Waals surface area contributed by atoms with Gasteiger partial charge in [0, 0.05) is 24.5 Å². The van der Waals surface area contributed by atoms with Crippen molar-refractivity contribution in [3.63, 3.8) is 0 Å². The Morgan fingerprint density at radius 2 is 1.85 bits per heavy atom. The first-order chi connectivity index (χ1) is 12.9. The Balaban J connectivity index is 1.99. The molecule has 144 valence electrons. The molecule has 0 aliphatic heterocycles. The maximum absolute atomic E-state index is 13.7. The average Bonchev–Trinajstić information content (AvgIpc) is 2.63. The summed E-state index contributed by atoms with van der Waals surface area (Å²) in [4.78, 5) is 26.4. The Hall–Kier alpha value is -2.60. The third-order valence-corrected chi connectivity index (χ3v) is 4.53. The minimum Gasteiger partial charge on any atom is -0.372 e. The molecule has 0 saturated carbocycles. The SMILES string of the molecule is CCN(CC)c1ccc(NC(=O)CNC(=O)c2c(F)cccc2Cl)c(C)c1. The number of carbonyl (C=O) groups excluding carboxylic acids is 2. The van der Waals surface area contributed by atoms with Crippen LogP contribution >= 0.6 is 11.6 Å². The molecule has 0 radical (unpaired) electrons. The molecule has 2 amide bonds. The molecule has 0 saturated heterocycles. The molecule has 0 fully saturated rings. The van der Waals surface area contributed by atoms with Gasteiger partial charge in [-0.3, -0.25) is 9.59 Å². The number of anilines is 2. The van der Waals surface area contributed by atoms with E-state index in [0.29, 0.717) is 5.69 Å². The predicted molar refractivity (Wildman–Crippen MR) is 107 cm³/mol. The van der Waals surface area contributed by atoms with Crippen LogP contribution in [0, 0.1) is 12.7 Å². The second-order valence-corrected chi connectivity index (χ2v) is 6.41. The quantitative estimate of drug-likeness (QED) is 0.749. The third-order valence-electron chi connectivity index (χ3n) is 4.21. The lowest BCUT2D eigenvalue weighted by Gasteiger charge is -2.22. The Labute approximate surface area is 163 Å². The van der Waals surface area contributed by atoms with E-state index in [4.69, 9.17) is 11.6 Å². The van der Waals surface area contributed by atoms with E-state index in [0.717, 1.165) is 30.4 Å². The molecule has 2 N–H and O–H groups in total. The monoisotopic (exact) mass is 391 g/mol. The molecule has 0 bridgehead atoms. The first-order valence-electron chi connectivity index (χ1n) is 8.75. The number of aryl methyl sites for hydroxylation is 1. The predicted octanol–water partition coefficient (Wildman–Crippen LogP) is 4.00. The van der Waals surface area contributed by atoms with Crippen molar-refractivity contribution in [3.05, 3.63) is 58.4 Å². The molecule has 2 rings (SSSR count). The Bertz CT molecular complexity index is 818. The van der Waals surface area contributed by atoms with E-state index in [9.17, 15) is 14.0 Å². The van der Waals surface area contributed by atoms with Gasteiger partial charge in [0.25, 0.3) is 5.91 Å². The van der Waals surface area contributed by atoms with Crippen LogP contribution in [0.25, 0.3) is 0 Å². The lowest BCUT2D eigenvalue weighted by molar-refractivity contribution is -0.115. The van der Waals surface area contributed by atoms with Crippen LogP contribution in [0.1, 0.15) is 29.8 Å². The van der Waals surface area contributed by atoms with Crippen LogP contribution in [0.4, 0.5) is 15.8 Å². The summed E-state index contributed by atoms with van der Waals surface area (Å²) in [6.45, 7) is 7.57. The summed E-state index contributed by atoms with van der Waals surface area (Å²) in [6, 6.07) is 9.73. The highest BCUT2D eigenvalue weighted by Crippen LogP contribution is 2.22. The highest BCUT2D eigenvalue weighted by molar-refractivity contribution is 6.33. The summed E-state index contributed by atoms with van der Waals surface area (Å²) in [5.41, 5.74) is 2.38. The average molecular weight is 392 g/mol. The van der Waals surface area contributed by atoms with Gasteiger partial charge in [-0.2, -0.15) is 0 Å². The molecule has 2 aromatic carbocycles. The van der Waals surface area contributed by atoms with Gasteiger partial charge in [0.1, 0.15) is 5.82 Å². The normalized spacial score (nSPS) is 10.4. The first kappa shape index (κ1) is 20.7. The Kier molecular flexibility index (Phi) is 7.19. The molecule has 7 heteroatoms. The molecule has 0 atom stereocenters. The van der Waals surface area contributed by atoms with Gasteiger partial charge in [-0.25, -0.2) is 4.39 Å². The summed E-state index contributed by atoms with van der Waals surface area (Å²) >= 11 is 5.85. The number of rotatable bonds is 7. The summed E-state index contributed by atoms with van der Waals surface area (Å²) in [5, 5.41) is 5.13. The number of carbonyl (C=O) groups is 2. The fourth-order valence-corrected chi connectivity index (χ4v) is 2.98. The van der Waals surface area contributed by atoms with Crippen LogP contribution in [0.3, 0.4) is 0 Å². The van der Waals surface area contributed by atoms with Crippen molar-refractivity contribution in [3.8, 4) is 0 Å². The van der Waals surface area contributed by atoms with Crippen molar-refractivity contribution in [1.29, 1.82) is 0 Å². The molecule has 5 nitrogen and oxygen atoms in total. The van der Waals surface area contributed by atoms with Gasteiger partial charge < -0.3 is 15.5 Å². The molecular formula is C20H23ClFN3O2. The van der Waals surface area contributed by atoms with Crippen LogP contribution in [-0.2, 0) is 4.79 Å². The fourth-order valence-electron chi connectivity index (χ4n) is 2.73. The summed E-state index contributed by atoms with van der Waals surface area (Å²) in [6.07, 6.45) is 0. The van der Waals surface area contributed by atoms with E-state index in [-0.39, 0.29) is 17.1 Å². The minimum absolute atomic E-state index is 0.00394. The lowest BCUT2D eigenvalue weighted by Crippen LogP contribution is -2.33. The number of hydrogen-bond donors (Lipinski definition) is 2. The fraction of sp³-hybridized carbons (Fsp3) is 0.300. The van der Waals surface area contributed by atoms with E-state index in [1.165, 1.54) is 12.1 Å². The Morgan fingerprint density at radius 1 is 1.15 bits per heavy atom. The number of nitrogens with zero attached hydrogens (tertiary/aromatic N) is 1. The maximum atomic E-state index is 13.7. The second-order valence-electron chi connectivity index (χ2n) is 6.00. The van der Waals surface area contributed by atoms with Crippen molar-refractivity contribution in [1.82, 2.24) is 5.32 Å². The van der Waals surface area contributed by atoms with Crippen molar-refractivity contribution in [2.24, 2.45) is 0 Å². The largest absolute Gasteiger partial charge is 0.372 e. The van der Waals surface area contributed by atoms with E-state index in [1.54, 1.807) is 0 Å². The summed E-state index contributed by atoms with van der Waals surface area (Å²) < 4.78 is 13.7. The third kappa shape index (κ3) is 5.20. The first-order valence-corrected chi connectivity index (χ1v) is 9.12. The van der Waals surface area contributed by atoms with Crippen LogP contribution in [0.15, 0.2) is 36.4 Å². The Morgan fingerprint density at radius 3 is 2.44 bits per heavy atom. The highest BCUT2D eigenvalue weighted by atomic mass is 35.5. The molecule has 0 aliphatic rings. The van der Waals surface area contributed by atoms with Gasteiger partial charge in [-0.15, -0.1) is 0 Å². The van der Waals surface area contributed by atoms with Gasteiger partial charge in [0.05, 0.1) is 17.1 Å². The summed E-state index contributed by atoms with van der Waals surface area (Å²) in [7, 11) is 0. The topological polar surface area (TPSA) is 61.4 Å². The van der Waals surface area contributed by atoms with Gasteiger partial charge in [0.2, 0.25) is 5.91 Å². The molecule has 0 unspecified atom stereocenters. The van der Waals surface area contributed by atoms with Crippen molar-refractivity contribution in [2.45, 2.75) is 20.8 Å². The molecule has 27 heavy (non-hydrogen) atoms. The number of halogens is 2. The molecule has 0 heterocycles. The van der Waals surface area contributed by atoms with Crippen LogP contribution in [0.5, 0.6) is 0 Å². The van der Waals surface area contributed by atoms with E-state index in [2.05, 4.69) is 29.4 Å². The zero-order chi connectivity index (χ0) is 20.0. The lowest BCUT2D eigenvalue weighted by atomic mass is 10.1. The molecule has 2 aromatic rings. The standard InChI is InChI=1S/C20H23ClFN3O2/c1-4-25(5-2)14-9-10-17(13(3)11-14)24-18(26)12-23-20(27)19-15(21)7-6-8-16(19)22/h6-11H,4-5,12H2,1-3H3,(H,23,27)(H,24,26). The zero-order valence-electron chi connectivity index (χ0n) is 15.6.